The van der Waals surface area contributed by atoms with Crippen LogP contribution in [0, 0.1) is 0 Å². The number of aromatic nitrogens is 1. The van der Waals surface area contributed by atoms with Crippen molar-refractivity contribution in [2.24, 2.45) is 0 Å². The molecule has 3 nitrogen and oxygen atoms in total. The first-order valence-corrected chi connectivity index (χ1v) is 1.38. The molecular formula is C3H5MgNO2. The highest BCUT2D eigenvalue weighted by Crippen LogP contribution is 1.64. The van der Waals surface area contributed by atoms with Crippen LogP contribution in [0.3, 0.4) is 0 Å². The lowest BCUT2D eigenvalue weighted by Crippen LogP contribution is -1.86. The van der Waals surface area contributed by atoms with Gasteiger partial charge in [-0.25, -0.2) is 0 Å². The summed E-state index contributed by atoms with van der Waals surface area (Å²) in [7, 11) is 0. The van der Waals surface area contributed by atoms with E-state index in [2.05, 4.69) is 9.40 Å². The molecule has 0 bridgehead atoms. The van der Waals surface area contributed by atoms with Gasteiger partial charge in [-0.3, -0.25) is 0 Å². The number of aromatic amines is 1. The molecule has 0 aliphatic rings. The third kappa shape index (κ3) is 3.77. The minimum Gasteiger partial charge on any atom is -0.870 e. The number of hydrogen-bond donors (Lipinski definition) is 0. The van der Waals surface area contributed by atoms with Gasteiger partial charge in [0.05, 0.1) is 0 Å². The van der Waals surface area contributed by atoms with Crippen LogP contribution in [-0.2, 0) is 0 Å². The van der Waals surface area contributed by atoms with Crippen LogP contribution in [0.15, 0.2) is 23.3 Å². The Morgan fingerprint density at radius 1 is 1.43 bits per heavy atom. The first kappa shape index (κ1) is 10.0. The smallest absolute Gasteiger partial charge is 0.332 e. The molecule has 1 aromatic rings. The molecule has 0 amide bonds. The second-order valence-corrected chi connectivity index (χ2v) is 0.723. The van der Waals surface area contributed by atoms with E-state index >= 15 is 0 Å². The van der Waals surface area contributed by atoms with E-state index in [1.165, 1.54) is 6.39 Å². The summed E-state index contributed by atoms with van der Waals surface area (Å²) >= 11 is 0. The van der Waals surface area contributed by atoms with Gasteiger partial charge in [0.15, 0.2) is 6.26 Å². The second kappa shape index (κ2) is 5.94. The Morgan fingerprint density at radius 2 is 2.14 bits per heavy atom. The number of H-pyrrole nitrogens is 1. The molecule has 0 saturated heterocycles. The highest BCUT2D eigenvalue weighted by Gasteiger charge is 1.68. The van der Waals surface area contributed by atoms with E-state index in [1.54, 1.807) is 12.5 Å². The lowest BCUT2D eigenvalue weighted by molar-refractivity contribution is -0.383. The quantitative estimate of drug-likeness (QED) is 0.425. The lowest BCUT2D eigenvalue weighted by Gasteiger charge is -1.40. The van der Waals surface area contributed by atoms with Crippen LogP contribution in [-0.4, -0.2) is 28.5 Å². The molecule has 7 heavy (non-hydrogen) atoms. The standard InChI is InChI=1S/C3H3NO.Mg.H2O/c1-2-5-3-4-1;;/h1-3H;;1H2. The summed E-state index contributed by atoms with van der Waals surface area (Å²) in [5, 5.41) is 0. The summed E-state index contributed by atoms with van der Waals surface area (Å²) in [6.45, 7) is 0. The van der Waals surface area contributed by atoms with Gasteiger partial charge in [0, 0.05) is 23.1 Å². The first-order valence-electron chi connectivity index (χ1n) is 1.38. The average Bonchev–Trinajstić information content (AvgIpc) is 1.76. The highest BCUT2D eigenvalue weighted by molar-refractivity contribution is 5.75. The molecule has 36 valence electrons. The molecule has 0 aliphatic heterocycles. The van der Waals surface area contributed by atoms with Crippen molar-refractivity contribution in [3.63, 3.8) is 0 Å². The molecule has 0 spiro atoms. The van der Waals surface area contributed by atoms with E-state index in [0.717, 1.165) is 0 Å². The Kier molecular flexibility index (Phi) is 8.51. The van der Waals surface area contributed by atoms with Crippen molar-refractivity contribution in [2.75, 3.05) is 0 Å². The fraction of sp³-hybridized carbons (Fsp3) is 0. The number of rotatable bonds is 0. The van der Waals surface area contributed by atoms with Crippen LogP contribution in [0.4, 0.5) is 0 Å². The second-order valence-electron chi connectivity index (χ2n) is 0.723. The van der Waals surface area contributed by atoms with Gasteiger partial charge in [0.2, 0.25) is 6.20 Å². The van der Waals surface area contributed by atoms with E-state index in [1.807, 2.05) is 0 Å². The van der Waals surface area contributed by atoms with Crippen LogP contribution in [0.2, 0.25) is 0 Å². The Hall–Kier alpha value is -0.0638. The number of oxazole rings is 1. The fourth-order valence-corrected chi connectivity index (χ4v) is 0.196. The summed E-state index contributed by atoms with van der Waals surface area (Å²) in [5.74, 6) is 0. The van der Waals surface area contributed by atoms with E-state index in [9.17, 15) is 0 Å². The van der Waals surface area contributed by atoms with Crippen LogP contribution in [0.5, 0.6) is 0 Å². The Bertz CT molecular complexity index is 69.4. The zero-order valence-corrected chi connectivity index (χ0v) is 5.21. The zero-order valence-electron chi connectivity index (χ0n) is 3.79. The van der Waals surface area contributed by atoms with Gasteiger partial charge in [0.1, 0.15) is 0 Å². The molecule has 2 N–H and O–H groups in total. The maximum atomic E-state index is 4.53. The van der Waals surface area contributed by atoms with Gasteiger partial charge >= 0.3 is 6.39 Å². The zero-order chi connectivity index (χ0) is 3.54. The van der Waals surface area contributed by atoms with Crippen LogP contribution in [0.25, 0.3) is 0 Å². The normalized spacial score (nSPS) is 5.71. The van der Waals surface area contributed by atoms with E-state index in [4.69, 9.17) is 0 Å². The Balaban J connectivity index is 0. The molecule has 0 saturated carbocycles. The number of nitrogens with one attached hydrogen (secondary N) is 1. The van der Waals surface area contributed by atoms with Gasteiger partial charge in [-0.05, 0) is 0 Å². The summed E-state index contributed by atoms with van der Waals surface area (Å²) in [5.41, 5.74) is 0. The van der Waals surface area contributed by atoms with Gasteiger partial charge < -0.3 is 9.89 Å². The van der Waals surface area contributed by atoms with Gasteiger partial charge in [-0.1, -0.05) is 0 Å². The predicted octanol–water partition coefficient (Wildman–Crippen LogP) is -0.464. The van der Waals surface area contributed by atoms with Crippen LogP contribution >= 0.6 is 0 Å². The average molecular weight is 111 g/mol. The molecule has 0 aliphatic carbocycles. The van der Waals surface area contributed by atoms with E-state index < -0.39 is 0 Å². The topological polar surface area (TPSA) is 57.3 Å². The van der Waals surface area contributed by atoms with Crippen molar-refractivity contribution in [1.29, 1.82) is 0 Å². The molecule has 2 radical (unpaired) electrons. The van der Waals surface area contributed by atoms with Gasteiger partial charge in [-0.2, -0.15) is 4.98 Å². The van der Waals surface area contributed by atoms with Gasteiger partial charge in [0.25, 0.3) is 0 Å². The third-order valence-electron chi connectivity index (χ3n) is 0.379. The lowest BCUT2D eigenvalue weighted by atomic mass is 11.0. The fourth-order valence-electron chi connectivity index (χ4n) is 0.196. The minimum atomic E-state index is 0. The summed E-state index contributed by atoms with van der Waals surface area (Å²) in [6.07, 6.45) is 4.78. The predicted molar refractivity (Wildman–Crippen MR) is 23.0 cm³/mol. The Labute approximate surface area is 57.2 Å². The monoisotopic (exact) mass is 111 g/mol. The molecule has 1 aromatic heterocycles. The van der Waals surface area contributed by atoms with E-state index in [-0.39, 0.29) is 28.5 Å². The maximum Gasteiger partial charge on any atom is 0.332 e. The first-order chi connectivity index (χ1) is 2.50. The van der Waals surface area contributed by atoms with Crippen molar-refractivity contribution < 1.29 is 14.9 Å². The summed E-state index contributed by atoms with van der Waals surface area (Å²) in [4.78, 5) is 2.69. The van der Waals surface area contributed by atoms with E-state index in [0.29, 0.717) is 0 Å². The van der Waals surface area contributed by atoms with Crippen molar-refractivity contribution >= 4 is 23.1 Å². The van der Waals surface area contributed by atoms with Crippen molar-refractivity contribution in [1.82, 2.24) is 0 Å². The van der Waals surface area contributed by atoms with Crippen molar-refractivity contribution in [3.05, 3.63) is 18.9 Å². The molecular weight excluding hydrogens is 106 g/mol. The van der Waals surface area contributed by atoms with Gasteiger partial charge in [-0.15, -0.1) is 0 Å². The van der Waals surface area contributed by atoms with Crippen LogP contribution < -0.4 is 4.98 Å². The SMILES string of the molecule is [Mg].[OH-].c1coc[nH+]1. The van der Waals surface area contributed by atoms with Crippen LogP contribution in [0.1, 0.15) is 0 Å². The van der Waals surface area contributed by atoms with Crippen molar-refractivity contribution in [3.8, 4) is 0 Å². The maximum absolute atomic E-state index is 4.53. The molecule has 0 aromatic carbocycles. The molecule has 0 unspecified atom stereocenters. The molecule has 0 fully saturated rings. The molecule has 0 atom stereocenters. The molecule has 4 heteroatoms. The molecule has 1 rings (SSSR count). The minimum absolute atomic E-state index is 0. The third-order valence-corrected chi connectivity index (χ3v) is 0.379. The largest absolute Gasteiger partial charge is 0.870 e. The summed E-state index contributed by atoms with van der Waals surface area (Å²) < 4.78 is 4.53. The number of hydrogen-bond acceptors (Lipinski definition) is 2. The molecule has 1 heterocycles. The summed E-state index contributed by atoms with van der Waals surface area (Å²) in [6, 6.07) is 0. The van der Waals surface area contributed by atoms with Crippen molar-refractivity contribution in [2.45, 2.75) is 0 Å². The Morgan fingerprint density at radius 3 is 2.29 bits per heavy atom. The highest BCUT2D eigenvalue weighted by atomic mass is 24.3.